The molecule has 1 nitrogen and oxygen atoms in total. The highest BCUT2D eigenvalue weighted by Gasteiger charge is 2.50. The summed E-state index contributed by atoms with van der Waals surface area (Å²) in [5.74, 6) is 3.06. The van der Waals surface area contributed by atoms with E-state index < -0.39 is 8.24 Å². The quantitative estimate of drug-likeness (QED) is 0.709. The molecule has 0 aromatic carbocycles. The molecule has 0 saturated heterocycles. The lowest BCUT2D eigenvalue weighted by Crippen LogP contribution is -2.58. The van der Waals surface area contributed by atoms with Gasteiger partial charge in [0.25, 0.3) is 0 Å². The fourth-order valence-electron chi connectivity index (χ4n) is 5.34. The van der Waals surface area contributed by atoms with Crippen LogP contribution in [0.4, 0.5) is 0 Å². The standard InChI is InChI=1S/C16H33NSi/c1-12-11-13-9-7-8-10-14(13)15(12)18(5,6)17-16(2,3)4/h12-15,17H,7-11H2,1-6H3. The molecule has 18 heavy (non-hydrogen) atoms. The van der Waals surface area contributed by atoms with E-state index in [0.717, 1.165) is 23.3 Å². The highest BCUT2D eigenvalue weighted by atomic mass is 28.3. The van der Waals surface area contributed by atoms with E-state index >= 15 is 0 Å². The van der Waals surface area contributed by atoms with Crippen LogP contribution in [-0.2, 0) is 0 Å². The van der Waals surface area contributed by atoms with Gasteiger partial charge >= 0.3 is 0 Å². The molecule has 2 saturated carbocycles. The fourth-order valence-corrected chi connectivity index (χ4v) is 10.5. The van der Waals surface area contributed by atoms with Crippen LogP contribution in [-0.4, -0.2) is 13.8 Å². The van der Waals surface area contributed by atoms with Gasteiger partial charge in [0.2, 0.25) is 0 Å². The second kappa shape index (κ2) is 4.94. The van der Waals surface area contributed by atoms with Gasteiger partial charge in [-0.1, -0.05) is 45.7 Å². The van der Waals surface area contributed by atoms with Gasteiger partial charge in [-0.15, -0.1) is 0 Å². The zero-order valence-corrected chi connectivity index (χ0v) is 14.3. The summed E-state index contributed by atoms with van der Waals surface area (Å²) in [5, 5.41) is 0. The summed E-state index contributed by atoms with van der Waals surface area (Å²) in [6, 6.07) is 0. The third-order valence-electron chi connectivity index (χ3n) is 5.25. The van der Waals surface area contributed by atoms with Crippen molar-refractivity contribution in [2.75, 3.05) is 0 Å². The molecule has 2 heteroatoms. The van der Waals surface area contributed by atoms with Crippen LogP contribution in [0.15, 0.2) is 0 Å². The lowest BCUT2D eigenvalue weighted by atomic mass is 9.82. The van der Waals surface area contributed by atoms with Crippen molar-refractivity contribution in [1.29, 1.82) is 0 Å². The minimum Gasteiger partial charge on any atom is -0.332 e. The Labute approximate surface area is 115 Å². The Bertz CT molecular complexity index is 292. The molecule has 0 amide bonds. The van der Waals surface area contributed by atoms with Gasteiger partial charge in [-0.25, -0.2) is 0 Å². The average molecular weight is 268 g/mol. The number of hydrogen-bond acceptors (Lipinski definition) is 1. The molecular formula is C16H33NSi. The van der Waals surface area contributed by atoms with E-state index in [1.165, 1.54) is 32.1 Å². The van der Waals surface area contributed by atoms with Crippen LogP contribution < -0.4 is 4.98 Å². The molecule has 2 aliphatic carbocycles. The van der Waals surface area contributed by atoms with Crippen LogP contribution in [0, 0.1) is 17.8 Å². The predicted octanol–water partition coefficient (Wildman–Crippen LogP) is 4.80. The second-order valence-electron chi connectivity index (χ2n) is 8.54. The van der Waals surface area contributed by atoms with E-state index in [1.807, 2.05) is 0 Å². The minimum absolute atomic E-state index is 0.280. The molecule has 0 aliphatic heterocycles. The molecule has 0 aromatic heterocycles. The zero-order valence-electron chi connectivity index (χ0n) is 13.3. The van der Waals surface area contributed by atoms with E-state index in [-0.39, 0.29) is 5.54 Å². The first-order valence-corrected chi connectivity index (χ1v) is 11.1. The molecule has 2 rings (SSSR count). The fraction of sp³-hybridized carbons (Fsp3) is 1.00. The van der Waals surface area contributed by atoms with Crippen LogP contribution in [0.25, 0.3) is 0 Å². The second-order valence-corrected chi connectivity index (χ2v) is 12.9. The highest BCUT2D eigenvalue weighted by Crippen LogP contribution is 2.55. The summed E-state index contributed by atoms with van der Waals surface area (Å²) >= 11 is 0. The third-order valence-corrected chi connectivity index (χ3v) is 9.31. The van der Waals surface area contributed by atoms with Crippen LogP contribution in [0.3, 0.4) is 0 Å². The van der Waals surface area contributed by atoms with Gasteiger partial charge in [0, 0.05) is 5.54 Å². The maximum absolute atomic E-state index is 4.04. The largest absolute Gasteiger partial charge is 0.332 e. The summed E-state index contributed by atoms with van der Waals surface area (Å²) < 4.78 is 0. The number of fused-ring (bicyclic) bond motifs is 1. The molecule has 2 fully saturated rings. The molecule has 106 valence electrons. The highest BCUT2D eigenvalue weighted by molar-refractivity contribution is 6.76. The van der Waals surface area contributed by atoms with E-state index in [0.29, 0.717) is 0 Å². The maximum Gasteiger partial charge on any atom is 0.123 e. The summed E-state index contributed by atoms with van der Waals surface area (Å²) in [4.78, 5) is 4.04. The minimum atomic E-state index is -1.33. The topological polar surface area (TPSA) is 12.0 Å². The summed E-state index contributed by atoms with van der Waals surface area (Å²) in [6.07, 6.45) is 7.53. The van der Waals surface area contributed by atoms with Crippen molar-refractivity contribution in [3.8, 4) is 0 Å². The third kappa shape index (κ3) is 3.01. The summed E-state index contributed by atoms with van der Waals surface area (Å²) in [5.41, 5.74) is 1.28. The van der Waals surface area contributed by atoms with Gasteiger partial charge in [0.05, 0.1) is 0 Å². The van der Waals surface area contributed by atoms with Gasteiger partial charge in [0.15, 0.2) is 0 Å². The Balaban J connectivity index is 2.15. The molecule has 0 bridgehead atoms. The van der Waals surface area contributed by atoms with Crippen molar-refractivity contribution < 1.29 is 0 Å². The van der Waals surface area contributed by atoms with Crippen molar-refractivity contribution in [2.24, 2.45) is 17.8 Å². The van der Waals surface area contributed by atoms with E-state index in [1.54, 1.807) is 0 Å². The molecule has 4 atom stereocenters. The van der Waals surface area contributed by atoms with Crippen molar-refractivity contribution >= 4 is 8.24 Å². The molecule has 0 spiro atoms. The van der Waals surface area contributed by atoms with Gasteiger partial charge in [-0.2, -0.15) is 0 Å². The van der Waals surface area contributed by atoms with Crippen LogP contribution in [0.2, 0.25) is 18.6 Å². The van der Waals surface area contributed by atoms with Gasteiger partial charge in [0.1, 0.15) is 8.24 Å². The van der Waals surface area contributed by atoms with Crippen LogP contribution in [0.1, 0.15) is 59.8 Å². The lowest BCUT2D eigenvalue weighted by Gasteiger charge is -2.43. The summed E-state index contributed by atoms with van der Waals surface area (Å²) in [6.45, 7) is 14.7. The molecule has 1 N–H and O–H groups in total. The first kappa shape index (κ1) is 14.6. The van der Waals surface area contributed by atoms with Gasteiger partial charge in [-0.05, 0) is 50.5 Å². The average Bonchev–Trinajstić information content (AvgIpc) is 2.49. The molecular weight excluding hydrogens is 234 g/mol. The molecule has 4 unspecified atom stereocenters. The molecule has 0 radical (unpaired) electrons. The van der Waals surface area contributed by atoms with Crippen molar-refractivity contribution in [1.82, 2.24) is 4.98 Å². The molecule has 2 aliphatic rings. The van der Waals surface area contributed by atoms with Crippen molar-refractivity contribution in [3.63, 3.8) is 0 Å². The Morgan fingerprint density at radius 3 is 2.28 bits per heavy atom. The summed E-state index contributed by atoms with van der Waals surface area (Å²) in [7, 11) is -1.33. The smallest absolute Gasteiger partial charge is 0.123 e. The SMILES string of the molecule is CC1CC2CCCCC2C1[Si](C)(C)NC(C)(C)C. The van der Waals surface area contributed by atoms with E-state index in [9.17, 15) is 0 Å². The Morgan fingerprint density at radius 2 is 1.67 bits per heavy atom. The first-order chi connectivity index (χ1) is 8.21. The Kier molecular flexibility index (Phi) is 4.00. The predicted molar refractivity (Wildman–Crippen MR) is 83.3 cm³/mol. The molecule has 0 aromatic rings. The maximum atomic E-state index is 4.04. The van der Waals surface area contributed by atoms with Gasteiger partial charge in [-0.3, -0.25) is 0 Å². The number of hydrogen-bond donors (Lipinski definition) is 1. The zero-order chi connectivity index (χ0) is 13.6. The van der Waals surface area contributed by atoms with Crippen molar-refractivity contribution in [2.45, 2.75) is 84.0 Å². The number of rotatable bonds is 2. The first-order valence-electron chi connectivity index (χ1n) is 8.00. The van der Waals surface area contributed by atoms with Crippen LogP contribution >= 0.6 is 0 Å². The lowest BCUT2D eigenvalue weighted by molar-refractivity contribution is 0.273. The van der Waals surface area contributed by atoms with Crippen molar-refractivity contribution in [3.05, 3.63) is 0 Å². The Hall–Kier alpha value is 0.177. The normalized spacial score (nSPS) is 37.7. The van der Waals surface area contributed by atoms with Crippen LogP contribution in [0.5, 0.6) is 0 Å². The van der Waals surface area contributed by atoms with E-state index in [2.05, 4.69) is 45.8 Å². The molecule has 0 heterocycles. The van der Waals surface area contributed by atoms with E-state index in [4.69, 9.17) is 0 Å². The monoisotopic (exact) mass is 267 g/mol. The Morgan fingerprint density at radius 1 is 1.06 bits per heavy atom. The van der Waals surface area contributed by atoms with Gasteiger partial charge < -0.3 is 4.98 Å². The number of nitrogens with one attached hydrogen (secondary N) is 1.